The first kappa shape index (κ1) is 26.9. The molecule has 1 aromatic heterocycles. The van der Waals surface area contributed by atoms with E-state index in [1.165, 1.54) is 6.33 Å². The quantitative estimate of drug-likeness (QED) is 0.373. The van der Waals surface area contributed by atoms with Crippen LogP contribution < -0.4 is 24.4 Å². The van der Waals surface area contributed by atoms with E-state index in [0.29, 0.717) is 34.8 Å². The Balaban J connectivity index is 1.98. The Morgan fingerprint density at radius 2 is 1.69 bits per heavy atom. The van der Waals surface area contributed by atoms with Crippen LogP contribution in [0.4, 0.5) is 16.3 Å². The monoisotopic (exact) mass is 514 g/mol. The van der Waals surface area contributed by atoms with Crippen molar-refractivity contribution in [1.82, 2.24) is 15.3 Å². The van der Waals surface area contributed by atoms with Gasteiger partial charge in [-0.15, -0.1) is 0 Å². The number of carbonyl (C=O) groups is 1. The first-order valence-electron chi connectivity index (χ1n) is 11.2. The molecule has 0 radical (unpaired) electrons. The number of rotatable bonds is 9. The normalized spacial score (nSPS) is 11.0. The standard InChI is InChI=1S/C26H31ClN4O5/c1-26(2,3)36-25(32)28-14-17-8-7-9-18(10-17)31(24-13-23(27)29-16-30-24)15-20-21(34-5)11-19(33-4)12-22(20)35-6/h7-13,16H,14-15H2,1-6H3,(H,28,32). The number of anilines is 2. The number of amides is 1. The van der Waals surface area contributed by atoms with Crippen LogP contribution in [0.5, 0.6) is 17.2 Å². The molecule has 0 atom stereocenters. The summed E-state index contributed by atoms with van der Waals surface area (Å²) >= 11 is 6.20. The molecular formula is C26H31ClN4O5. The van der Waals surface area contributed by atoms with Gasteiger partial charge in [0, 0.05) is 30.4 Å². The van der Waals surface area contributed by atoms with E-state index in [9.17, 15) is 4.79 Å². The van der Waals surface area contributed by atoms with Crippen LogP contribution in [-0.4, -0.2) is 43.0 Å². The number of hydrogen-bond donors (Lipinski definition) is 1. The van der Waals surface area contributed by atoms with Gasteiger partial charge in [-0.3, -0.25) is 0 Å². The minimum absolute atomic E-state index is 0.288. The Bertz CT molecular complexity index is 1170. The second kappa shape index (κ2) is 11.8. The average molecular weight is 515 g/mol. The van der Waals surface area contributed by atoms with Crippen molar-refractivity contribution < 1.29 is 23.7 Å². The Morgan fingerprint density at radius 3 is 2.28 bits per heavy atom. The third kappa shape index (κ3) is 7.14. The third-order valence-corrected chi connectivity index (χ3v) is 5.29. The van der Waals surface area contributed by atoms with E-state index in [-0.39, 0.29) is 6.54 Å². The highest BCUT2D eigenvalue weighted by Gasteiger charge is 2.21. The van der Waals surface area contributed by atoms with Crippen LogP contribution in [-0.2, 0) is 17.8 Å². The van der Waals surface area contributed by atoms with Gasteiger partial charge in [-0.1, -0.05) is 23.7 Å². The van der Waals surface area contributed by atoms with Crippen molar-refractivity contribution >= 4 is 29.2 Å². The minimum Gasteiger partial charge on any atom is -0.496 e. The summed E-state index contributed by atoms with van der Waals surface area (Å²) in [5.41, 5.74) is 1.89. The Labute approximate surface area is 216 Å². The first-order chi connectivity index (χ1) is 17.1. The molecule has 2 aromatic carbocycles. The summed E-state index contributed by atoms with van der Waals surface area (Å²) < 4.78 is 22.0. The lowest BCUT2D eigenvalue weighted by Crippen LogP contribution is -2.32. The van der Waals surface area contributed by atoms with Gasteiger partial charge in [-0.05, 0) is 38.5 Å². The molecule has 0 bridgehead atoms. The van der Waals surface area contributed by atoms with Gasteiger partial charge in [0.2, 0.25) is 0 Å². The molecule has 0 aliphatic heterocycles. The number of ether oxygens (including phenoxy) is 4. The van der Waals surface area contributed by atoms with Crippen LogP contribution in [0.2, 0.25) is 5.15 Å². The van der Waals surface area contributed by atoms with Crippen LogP contribution >= 0.6 is 11.6 Å². The van der Waals surface area contributed by atoms with E-state index in [2.05, 4.69) is 15.3 Å². The molecule has 10 heteroatoms. The van der Waals surface area contributed by atoms with Crippen LogP contribution in [0, 0.1) is 0 Å². The molecule has 3 aromatic rings. The molecule has 0 aliphatic rings. The maximum Gasteiger partial charge on any atom is 0.407 e. The van der Waals surface area contributed by atoms with Gasteiger partial charge < -0.3 is 29.2 Å². The summed E-state index contributed by atoms with van der Waals surface area (Å²) in [7, 11) is 4.76. The maximum absolute atomic E-state index is 12.1. The van der Waals surface area contributed by atoms with Crippen LogP contribution in [0.3, 0.4) is 0 Å². The Morgan fingerprint density at radius 1 is 1.00 bits per heavy atom. The van der Waals surface area contributed by atoms with Crippen molar-refractivity contribution in [3.63, 3.8) is 0 Å². The number of alkyl carbamates (subject to hydrolysis) is 1. The average Bonchev–Trinajstić information content (AvgIpc) is 2.84. The molecule has 0 fully saturated rings. The van der Waals surface area contributed by atoms with E-state index >= 15 is 0 Å². The zero-order valence-electron chi connectivity index (χ0n) is 21.3. The molecule has 0 unspecified atom stereocenters. The van der Waals surface area contributed by atoms with Crippen molar-refractivity contribution in [2.24, 2.45) is 0 Å². The summed E-state index contributed by atoms with van der Waals surface area (Å²) in [6.45, 7) is 6.09. The largest absolute Gasteiger partial charge is 0.496 e. The molecule has 1 amide bonds. The number of nitrogens with one attached hydrogen (secondary N) is 1. The summed E-state index contributed by atoms with van der Waals surface area (Å²) in [6.07, 6.45) is 0.918. The van der Waals surface area contributed by atoms with Crippen LogP contribution in [0.15, 0.2) is 48.8 Å². The first-order valence-corrected chi connectivity index (χ1v) is 11.6. The van der Waals surface area contributed by atoms with E-state index in [1.807, 2.05) is 49.9 Å². The van der Waals surface area contributed by atoms with Crippen molar-refractivity contribution in [2.75, 3.05) is 26.2 Å². The van der Waals surface area contributed by atoms with Gasteiger partial charge in [0.25, 0.3) is 0 Å². The third-order valence-electron chi connectivity index (χ3n) is 5.09. The summed E-state index contributed by atoms with van der Waals surface area (Å²) in [5.74, 6) is 2.38. The minimum atomic E-state index is -0.578. The fraction of sp³-hybridized carbons (Fsp3) is 0.346. The van der Waals surface area contributed by atoms with Gasteiger partial charge in [-0.2, -0.15) is 0 Å². The lowest BCUT2D eigenvalue weighted by atomic mass is 10.1. The van der Waals surface area contributed by atoms with Crippen molar-refractivity contribution in [3.8, 4) is 17.2 Å². The summed E-state index contributed by atoms with van der Waals surface area (Å²) in [5, 5.41) is 3.10. The van der Waals surface area contributed by atoms with Crippen molar-refractivity contribution in [1.29, 1.82) is 0 Å². The van der Waals surface area contributed by atoms with Gasteiger partial charge in [0.1, 0.15) is 40.1 Å². The zero-order chi connectivity index (χ0) is 26.3. The van der Waals surface area contributed by atoms with Crippen molar-refractivity contribution in [3.05, 3.63) is 65.1 Å². The Kier molecular flexibility index (Phi) is 8.82. The summed E-state index contributed by atoms with van der Waals surface area (Å²) in [6, 6.07) is 13.0. The van der Waals surface area contributed by atoms with E-state index in [1.54, 1.807) is 39.5 Å². The molecule has 1 N–H and O–H groups in total. The number of hydrogen-bond acceptors (Lipinski definition) is 8. The lowest BCUT2D eigenvalue weighted by Gasteiger charge is -2.26. The van der Waals surface area contributed by atoms with E-state index < -0.39 is 11.7 Å². The second-order valence-corrected chi connectivity index (χ2v) is 9.21. The summed E-state index contributed by atoms with van der Waals surface area (Å²) in [4.78, 5) is 22.5. The highest BCUT2D eigenvalue weighted by molar-refractivity contribution is 6.29. The van der Waals surface area contributed by atoms with Crippen LogP contribution in [0.1, 0.15) is 31.9 Å². The second-order valence-electron chi connectivity index (χ2n) is 8.82. The van der Waals surface area contributed by atoms with E-state index in [0.717, 1.165) is 16.8 Å². The Hall–Kier alpha value is -3.72. The highest BCUT2D eigenvalue weighted by atomic mass is 35.5. The fourth-order valence-electron chi connectivity index (χ4n) is 3.49. The zero-order valence-corrected chi connectivity index (χ0v) is 22.0. The number of aromatic nitrogens is 2. The van der Waals surface area contributed by atoms with Crippen LogP contribution in [0.25, 0.3) is 0 Å². The fourth-order valence-corrected chi connectivity index (χ4v) is 3.63. The number of nitrogens with zero attached hydrogens (tertiary/aromatic N) is 3. The molecule has 9 nitrogen and oxygen atoms in total. The molecule has 0 aliphatic carbocycles. The molecular weight excluding hydrogens is 484 g/mol. The number of methoxy groups -OCH3 is 3. The maximum atomic E-state index is 12.1. The SMILES string of the molecule is COc1cc(OC)c(CN(c2cccc(CNC(=O)OC(C)(C)C)c2)c2cc(Cl)ncn2)c(OC)c1. The topological polar surface area (TPSA) is 95.0 Å². The predicted molar refractivity (Wildman–Crippen MR) is 138 cm³/mol. The molecule has 0 saturated heterocycles. The lowest BCUT2D eigenvalue weighted by molar-refractivity contribution is 0.0523. The van der Waals surface area contributed by atoms with Gasteiger partial charge >= 0.3 is 6.09 Å². The number of halogens is 1. The van der Waals surface area contributed by atoms with Gasteiger partial charge in [0.05, 0.1) is 33.4 Å². The smallest absolute Gasteiger partial charge is 0.407 e. The highest BCUT2D eigenvalue weighted by Crippen LogP contribution is 2.38. The van der Waals surface area contributed by atoms with Crippen molar-refractivity contribution in [2.45, 2.75) is 39.5 Å². The molecule has 192 valence electrons. The number of benzene rings is 2. The van der Waals surface area contributed by atoms with E-state index in [4.69, 9.17) is 30.5 Å². The molecule has 36 heavy (non-hydrogen) atoms. The van der Waals surface area contributed by atoms with Gasteiger partial charge in [0.15, 0.2) is 0 Å². The molecule has 3 rings (SSSR count). The molecule has 1 heterocycles. The molecule has 0 saturated carbocycles. The predicted octanol–water partition coefficient (Wildman–Crippen LogP) is 5.52. The van der Waals surface area contributed by atoms with Gasteiger partial charge in [-0.25, -0.2) is 14.8 Å². The molecule has 0 spiro atoms. The number of carbonyl (C=O) groups excluding carboxylic acids is 1.